The summed E-state index contributed by atoms with van der Waals surface area (Å²) in [6.45, 7) is 1.63. The number of halogens is 2. The van der Waals surface area contributed by atoms with Crippen molar-refractivity contribution < 1.29 is 22.8 Å². The van der Waals surface area contributed by atoms with Crippen LogP contribution in [0.1, 0.15) is 27.3 Å². The molecule has 1 saturated heterocycles. The number of hydrogen-bond acceptors (Lipinski definition) is 3. The maximum Gasteiger partial charge on any atom is 0.289 e. The lowest BCUT2D eigenvalue weighted by Crippen LogP contribution is -2.37. The topological polar surface area (TPSA) is 53.8 Å². The number of carbonyl (C=O) groups is 2. The lowest BCUT2D eigenvalue weighted by atomic mass is 10.2. The van der Waals surface area contributed by atoms with Gasteiger partial charge >= 0.3 is 0 Å². The third kappa shape index (κ3) is 3.29. The van der Waals surface area contributed by atoms with Crippen molar-refractivity contribution in [1.82, 2.24) is 9.80 Å². The van der Waals surface area contributed by atoms with Gasteiger partial charge in [-0.2, -0.15) is 0 Å². The van der Waals surface area contributed by atoms with Gasteiger partial charge in [0.1, 0.15) is 0 Å². The van der Waals surface area contributed by atoms with E-state index in [4.69, 9.17) is 4.42 Å². The maximum absolute atomic E-state index is 13.3. The summed E-state index contributed by atoms with van der Waals surface area (Å²) in [6, 6.07) is 6.33. The van der Waals surface area contributed by atoms with E-state index in [2.05, 4.69) is 0 Å². The summed E-state index contributed by atoms with van der Waals surface area (Å²) in [6.07, 6.45) is 2.03. The first-order valence-corrected chi connectivity index (χ1v) is 7.63. The minimum Gasteiger partial charge on any atom is -0.459 e. The molecule has 5 nitrogen and oxygen atoms in total. The lowest BCUT2D eigenvalue weighted by Gasteiger charge is -2.21. The largest absolute Gasteiger partial charge is 0.459 e. The Morgan fingerprint density at radius 2 is 1.62 bits per heavy atom. The number of carbonyl (C=O) groups excluding carboxylic acids is 2. The predicted octanol–water partition coefficient (Wildman–Crippen LogP) is 2.55. The summed E-state index contributed by atoms with van der Waals surface area (Å²) in [4.78, 5) is 27.9. The molecular weight excluding hydrogens is 318 g/mol. The van der Waals surface area contributed by atoms with Crippen LogP contribution in [0.5, 0.6) is 0 Å². The second-order valence-corrected chi connectivity index (χ2v) is 5.54. The standard InChI is InChI=1S/C17H16F2N2O3/c18-13-5-4-12(11-14(13)19)16(22)20-6-2-7-21(9-8-20)17(23)15-3-1-10-24-15/h1,3-5,10-11H,2,6-9H2. The Kier molecular flexibility index (Phi) is 4.59. The van der Waals surface area contributed by atoms with E-state index in [0.717, 1.165) is 12.1 Å². The number of nitrogens with zero attached hydrogens (tertiary/aromatic N) is 2. The highest BCUT2D eigenvalue weighted by Gasteiger charge is 2.25. The van der Waals surface area contributed by atoms with E-state index in [-0.39, 0.29) is 23.1 Å². The van der Waals surface area contributed by atoms with Gasteiger partial charge in [0.15, 0.2) is 17.4 Å². The SMILES string of the molecule is O=C(c1ccc(F)c(F)c1)N1CCCN(C(=O)c2ccco2)CC1. The van der Waals surface area contributed by atoms with Crippen LogP contribution in [0.25, 0.3) is 0 Å². The molecule has 1 aliphatic rings. The summed E-state index contributed by atoms with van der Waals surface area (Å²) < 4.78 is 31.4. The number of hydrogen-bond donors (Lipinski definition) is 0. The molecule has 1 aromatic carbocycles. The fraction of sp³-hybridized carbons (Fsp3) is 0.294. The molecule has 2 aromatic rings. The fourth-order valence-electron chi connectivity index (χ4n) is 2.69. The highest BCUT2D eigenvalue weighted by atomic mass is 19.2. The monoisotopic (exact) mass is 334 g/mol. The van der Waals surface area contributed by atoms with E-state index in [9.17, 15) is 18.4 Å². The van der Waals surface area contributed by atoms with Crippen molar-refractivity contribution in [1.29, 1.82) is 0 Å². The minimum absolute atomic E-state index is 0.0970. The third-order valence-electron chi connectivity index (χ3n) is 3.97. The zero-order valence-corrected chi connectivity index (χ0v) is 12.9. The van der Waals surface area contributed by atoms with Crippen LogP contribution < -0.4 is 0 Å². The smallest absolute Gasteiger partial charge is 0.289 e. The quantitative estimate of drug-likeness (QED) is 0.848. The van der Waals surface area contributed by atoms with Gasteiger partial charge < -0.3 is 14.2 Å². The van der Waals surface area contributed by atoms with Gasteiger partial charge in [-0.05, 0) is 36.8 Å². The van der Waals surface area contributed by atoms with E-state index in [1.807, 2.05) is 0 Å². The number of rotatable bonds is 2. The summed E-state index contributed by atoms with van der Waals surface area (Å²) in [5.41, 5.74) is 0.0970. The van der Waals surface area contributed by atoms with E-state index in [1.165, 1.54) is 12.3 Å². The summed E-state index contributed by atoms with van der Waals surface area (Å²) in [5, 5.41) is 0. The van der Waals surface area contributed by atoms with E-state index in [0.29, 0.717) is 32.6 Å². The Labute approximate surface area is 137 Å². The Morgan fingerprint density at radius 1 is 0.917 bits per heavy atom. The Morgan fingerprint density at radius 3 is 2.25 bits per heavy atom. The van der Waals surface area contributed by atoms with Crippen molar-refractivity contribution in [2.75, 3.05) is 26.2 Å². The molecule has 2 heterocycles. The first-order chi connectivity index (χ1) is 11.6. The van der Waals surface area contributed by atoms with Crippen LogP contribution in [-0.2, 0) is 0 Å². The van der Waals surface area contributed by atoms with Gasteiger partial charge in [-0.3, -0.25) is 9.59 Å². The second kappa shape index (κ2) is 6.82. The van der Waals surface area contributed by atoms with Crippen LogP contribution in [0.15, 0.2) is 41.0 Å². The average Bonchev–Trinajstić information content (AvgIpc) is 3.00. The first kappa shape index (κ1) is 16.2. The molecule has 7 heteroatoms. The normalized spacial score (nSPS) is 15.2. The first-order valence-electron chi connectivity index (χ1n) is 7.63. The Bertz CT molecular complexity index is 746. The Balaban J connectivity index is 1.67. The zero-order chi connectivity index (χ0) is 17.1. The molecule has 0 spiro atoms. The molecule has 1 aromatic heterocycles. The summed E-state index contributed by atoms with van der Waals surface area (Å²) in [7, 11) is 0. The van der Waals surface area contributed by atoms with Crippen molar-refractivity contribution in [3.63, 3.8) is 0 Å². The Hall–Kier alpha value is -2.70. The molecule has 0 radical (unpaired) electrons. The van der Waals surface area contributed by atoms with Gasteiger partial charge in [0.25, 0.3) is 11.8 Å². The van der Waals surface area contributed by atoms with Crippen molar-refractivity contribution >= 4 is 11.8 Å². The highest BCUT2D eigenvalue weighted by molar-refractivity contribution is 5.94. The molecule has 1 aliphatic heterocycles. The van der Waals surface area contributed by atoms with E-state index >= 15 is 0 Å². The van der Waals surface area contributed by atoms with E-state index < -0.39 is 11.6 Å². The maximum atomic E-state index is 13.3. The van der Waals surface area contributed by atoms with Crippen LogP contribution in [-0.4, -0.2) is 47.8 Å². The molecule has 2 amide bonds. The second-order valence-electron chi connectivity index (χ2n) is 5.54. The number of amides is 2. The van der Waals surface area contributed by atoms with Crippen molar-refractivity contribution in [3.05, 3.63) is 59.6 Å². The van der Waals surface area contributed by atoms with Crippen LogP contribution in [0.2, 0.25) is 0 Å². The van der Waals surface area contributed by atoms with E-state index in [1.54, 1.807) is 21.9 Å². The highest BCUT2D eigenvalue weighted by Crippen LogP contribution is 2.14. The summed E-state index contributed by atoms with van der Waals surface area (Å²) in [5.74, 6) is -2.37. The van der Waals surface area contributed by atoms with Gasteiger partial charge in [0, 0.05) is 31.7 Å². The van der Waals surface area contributed by atoms with Gasteiger partial charge in [0.05, 0.1) is 6.26 Å². The molecule has 0 unspecified atom stereocenters. The molecule has 0 bridgehead atoms. The van der Waals surface area contributed by atoms with Gasteiger partial charge in [0.2, 0.25) is 0 Å². The zero-order valence-electron chi connectivity index (χ0n) is 12.9. The number of benzene rings is 1. The molecule has 0 atom stereocenters. The third-order valence-corrected chi connectivity index (χ3v) is 3.97. The molecule has 24 heavy (non-hydrogen) atoms. The van der Waals surface area contributed by atoms with Gasteiger partial charge in [-0.1, -0.05) is 0 Å². The van der Waals surface area contributed by atoms with Crippen molar-refractivity contribution in [2.45, 2.75) is 6.42 Å². The average molecular weight is 334 g/mol. The van der Waals surface area contributed by atoms with Crippen molar-refractivity contribution in [2.24, 2.45) is 0 Å². The molecule has 126 valence electrons. The van der Waals surface area contributed by atoms with Gasteiger partial charge in [-0.25, -0.2) is 8.78 Å². The predicted molar refractivity (Wildman–Crippen MR) is 81.5 cm³/mol. The fourth-order valence-corrected chi connectivity index (χ4v) is 2.69. The molecule has 3 rings (SSSR count). The van der Waals surface area contributed by atoms with Gasteiger partial charge in [-0.15, -0.1) is 0 Å². The molecule has 1 fully saturated rings. The van der Waals surface area contributed by atoms with Crippen LogP contribution >= 0.6 is 0 Å². The van der Waals surface area contributed by atoms with Crippen LogP contribution in [0.4, 0.5) is 8.78 Å². The minimum atomic E-state index is -1.05. The molecule has 0 N–H and O–H groups in total. The van der Waals surface area contributed by atoms with Crippen LogP contribution in [0, 0.1) is 11.6 Å². The number of furan rings is 1. The molecule has 0 saturated carbocycles. The van der Waals surface area contributed by atoms with Crippen molar-refractivity contribution in [3.8, 4) is 0 Å². The van der Waals surface area contributed by atoms with Crippen LogP contribution in [0.3, 0.4) is 0 Å². The summed E-state index contributed by atoms with van der Waals surface area (Å²) >= 11 is 0. The molecular formula is C17H16F2N2O3. The lowest BCUT2D eigenvalue weighted by molar-refractivity contribution is 0.0700. The molecule has 0 aliphatic carbocycles.